The lowest BCUT2D eigenvalue weighted by molar-refractivity contribution is 0.670. The average Bonchev–Trinajstić information content (AvgIpc) is 3.48. The second-order valence-electron chi connectivity index (χ2n) is 14.2. The van der Waals surface area contributed by atoms with E-state index >= 15 is 0 Å². The standard InChI is InChI=1S/C52H39NO/c1-3-5-15-34(4-2)50-43-19-8-10-21-45(43)51(46-22-11-9-20-44(46)50)35-26-29-38(30-27-35)53-39-17-7-6-16-36(32-39)40-31-28-37(33-48(40)53)41-23-14-24-47-42-18-12-13-25-49(42)54-52(41)47/h4-33,39H,3H2,1-2H3. The third-order valence-corrected chi connectivity index (χ3v) is 11.1. The minimum absolute atomic E-state index is 0.0713. The van der Waals surface area contributed by atoms with Crippen LogP contribution in [0.25, 0.3) is 76.9 Å². The van der Waals surface area contributed by atoms with Crippen molar-refractivity contribution in [3.05, 3.63) is 193 Å². The van der Waals surface area contributed by atoms with Crippen LogP contribution in [-0.2, 0) is 0 Å². The molecule has 1 aliphatic heterocycles. The van der Waals surface area contributed by atoms with E-state index in [9.17, 15) is 0 Å². The van der Waals surface area contributed by atoms with Crippen molar-refractivity contribution in [2.75, 3.05) is 4.90 Å². The van der Waals surface area contributed by atoms with E-state index < -0.39 is 0 Å². The second kappa shape index (κ2) is 13.1. The first kappa shape index (κ1) is 32.0. The molecule has 0 radical (unpaired) electrons. The van der Waals surface area contributed by atoms with Gasteiger partial charge in [-0.1, -0.05) is 159 Å². The summed E-state index contributed by atoms with van der Waals surface area (Å²) in [6.45, 7) is 4.33. The first-order chi connectivity index (χ1) is 26.7. The summed E-state index contributed by atoms with van der Waals surface area (Å²) in [5, 5.41) is 7.36. The van der Waals surface area contributed by atoms with E-state index in [1.807, 2.05) is 6.07 Å². The van der Waals surface area contributed by atoms with E-state index in [2.05, 4.69) is 195 Å². The van der Waals surface area contributed by atoms with Crippen LogP contribution in [0.5, 0.6) is 0 Å². The Morgan fingerprint density at radius 2 is 1.35 bits per heavy atom. The van der Waals surface area contributed by atoms with Crippen molar-refractivity contribution in [1.82, 2.24) is 0 Å². The van der Waals surface area contributed by atoms with E-state index in [4.69, 9.17) is 4.42 Å². The molecule has 1 aliphatic carbocycles. The largest absolute Gasteiger partial charge is 0.455 e. The highest BCUT2D eigenvalue weighted by atomic mass is 16.3. The molecule has 7 aromatic carbocycles. The van der Waals surface area contributed by atoms with E-state index in [-0.39, 0.29) is 6.04 Å². The number of allylic oxidation sites excluding steroid dienone is 8. The second-order valence-corrected chi connectivity index (χ2v) is 14.2. The zero-order chi connectivity index (χ0) is 36.2. The molecule has 0 saturated heterocycles. The fraction of sp³-hybridized carbons (Fsp3) is 0.0769. The maximum atomic E-state index is 6.49. The summed E-state index contributed by atoms with van der Waals surface area (Å²) in [4.78, 5) is 2.48. The minimum atomic E-state index is 0.0713. The van der Waals surface area contributed by atoms with Crippen molar-refractivity contribution in [1.29, 1.82) is 0 Å². The van der Waals surface area contributed by atoms with Crippen molar-refractivity contribution >= 4 is 66.0 Å². The maximum Gasteiger partial charge on any atom is 0.143 e. The van der Waals surface area contributed by atoms with Crippen molar-refractivity contribution < 1.29 is 4.42 Å². The third kappa shape index (κ3) is 5.09. The lowest BCUT2D eigenvalue weighted by Gasteiger charge is -2.36. The van der Waals surface area contributed by atoms with Crippen LogP contribution >= 0.6 is 0 Å². The maximum absolute atomic E-state index is 6.49. The Labute approximate surface area is 316 Å². The van der Waals surface area contributed by atoms with Crippen molar-refractivity contribution in [2.24, 2.45) is 0 Å². The van der Waals surface area contributed by atoms with Gasteiger partial charge in [0.15, 0.2) is 0 Å². The normalized spacial score (nSPS) is 15.4. The molecule has 258 valence electrons. The number of benzene rings is 7. The number of nitrogens with zero attached hydrogens (tertiary/aromatic N) is 1. The Hall–Kier alpha value is -6.64. The van der Waals surface area contributed by atoms with E-state index in [0.717, 1.165) is 45.2 Å². The van der Waals surface area contributed by atoms with Gasteiger partial charge in [-0.3, -0.25) is 0 Å². The van der Waals surface area contributed by atoms with Crippen LogP contribution in [0.2, 0.25) is 0 Å². The predicted octanol–water partition coefficient (Wildman–Crippen LogP) is 14.6. The molecule has 2 heterocycles. The van der Waals surface area contributed by atoms with Gasteiger partial charge in [-0.05, 0) is 98.6 Å². The van der Waals surface area contributed by atoms with Crippen molar-refractivity contribution in [2.45, 2.75) is 26.3 Å². The van der Waals surface area contributed by atoms with E-state index in [0.29, 0.717) is 0 Å². The molecule has 54 heavy (non-hydrogen) atoms. The summed E-state index contributed by atoms with van der Waals surface area (Å²) in [5.74, 6) is 0. The molecule has 2 nitrogen and oxygen atoms in total. The summed E-state index contributed by atoms with van der Waals surface area (Å²) in [7, 11) is 0. The topological polar surface area (TPSA) is 16.4 Å². The number of furan rings is 1. The molecule has 0 fully saturated rings. The molecule has 2 aliphatic rings. The molecule has 1 unspecified atom stereocenters. The van der Waals surface area contributed by atoms with E-state index in [1.165, 1.54) is 60.6 Å². The van der Waals surface area contributed by atoms with Crippen molar-refractivity contribution in [3.63, 3.8) is 0 Å². The first-order valence-electron chi connectivity index (χ1n) is 19.0. The Bertz CT molecular complexity index is 2870. The monoisotopic (exact) mass is 693 g/mol. The lowest BCUT2D eigenvalue weighted by atomic mass is 9.85. The van der Waals surface area contributed by atoms with Crippen molar-refractivity contribution in [3.8, 4) is 22.3 Å². The third-order valence-electron chi connectivity index (χ3n) is 11.1. The number of anilines is 2. The number of hydrogen-bond donors (Lipinski definition) is 0. The van der Waals surface area contributed by atoms with E-state index in [1.54, 1.807) is 0 Å². The van der Waals surface area contributed by atoms with Crippen LogP contribution in [0.1, 0.15) is 31.4 Å². The molecule has 1 atom stereocenters. The van der Waals surface area contributed by atoms with Gasteiger partial charge in [0, 0.05) is 27.6 Å². The molecule has 0 spiro atoms. The SMILES string of the molecule is CC=C(C=CCC)c1c2ccccc2c(-c2ccc(N3c4cc(-c5cccc6c5oc5ccccc56)ccc4C4=CC3C=CC=C4)cc2)c2ccccc12. The number of hydrogen-bond acceptors (Lipinski definition) is 2. The molecule has 0 amide bonds. The quantitative estimate of drug-likeness (QED) is 0.127. The lowest BCUT2D eigenvalue weighted by Crippen LogP contribution is -2.31. The Morgan fingerprint density at radius 3 is 2.09 bits per heavy atom. The number of fused-ring (bicyclic) bond motifs is 8. The fourth-order valence-corrected chi connectivity index (χ4v) is 8.67. The van der Waals surface area contributed by atoms with Gasteiger partial charge in [-0.25, -0.2) is 0 Å². The van der Waals surface area contributed by atoms with Crippen LogP contribution < -0.4 is 4.90 Å². The van der Waals surface area contributed by atoms with Gasteiger partial charge in [0.05, 0.1) is 11.7 Å². The highest BCUT2D eigenvalue weighted by Crippen LogP contribution is 2.46. The smallest absolute Gasteiger partial charge is 0.143 e. The van der Waals surface area contributed by atoms with Crippen LogP contribution in [-0.4, -0.2) is 6.04 Å². The summed E-state index contributed by atoms with van der Waals surface area (Å²) < 4.78 is 6.49. The van der Waals surface area contributed by atoms with Gasteiger partial charge in [0.1, 0.15) is 11.2 Å². The summed E-state index contributed by atoms with van der Waals surface area (Å²) in [6.07, 6.45) is 19.0. The molecule has 0 N–H and O–H groups in total. The van der Waals surface area contributed by atoms with Gasteiger partial charge >= 0.3 is 0 Å². The predicted molar refractivity (Wildman–Crippen MR) is 231 cm³/mol. The molecule has 2 heteroatoms. The number of rotatable bonds is 6. The molecular weight excluding hydrogens is 655 g/mol. The molecule has 2 bridgehead atoms. The Morgan fingerprint density at radius 1 is 0.667 bits per heavy atom. The summed E-state index contributed by atoms with van der Waals surface area (Å²) in [6, 6.07) is 48.8. The minimum Gasteiger partial charge on any atom is -0.455 e. The van der Waals surface area contributed by atoms with Gasteiger partial charge in [0.25, 0.3) is 0 Å². The summed E-state index contributed by atoms with van der Waals surface area (Å²) in [5.41, 5.74) is 13.9. The molecular formula is C52H39NO. The zero-order valence-corrected chi connectivity index (χ0v) is 30.5. The average molecular weight is 694 g/mol. The Balaban J connectivity index is 1.12. The zero-order valence-electron chi connectivity index (χ0n) is 30.5. The van der Waals surface area contributed by atoms with Crippen LogP contribution in [0.15, 0.2) is 186 Å². The van der Waals surface area contributed by atoms with Gasteiger partial charge in [-0.15, -0.1) is 0 Å². The molecule has 0 saturated carbocycles. The summed E-state index contributed by atoms with van der Waals surface area (Å²) >= 11 is 0. The molecule has 8 aromatic rings. The van der Waals surface area contributed by atoms with Crippen LogP contribution in [0.4, 0.5) is 11.4 Å². The first-order valence-corrected chi connectivity index (χ1v) is 19.0. The number of para-hydroxylation sites is 2. The van der Waals surface area contributed by atoms with Gasteiger partial charge < -0.3 is 9.32 Å². The van der Waals surface area contributed by atoms with Gasteiger partial charge in [-0.2, -0.15) is 0 Å². The highest BCUT2D eigenvalue weighted by Gasteiger charge is 2.28. The highest BCUT2D eigenvalue weighted by molar-refractivity contribution is 6.19. The molecule has 1 aromatic heterocycles. The Kier molecular flexibility index (Phi) is 7.77. The molecule has 10 rings (SSSR count). The van der Waals surface area contributed by atoms with Crippen LogP contribution in [0.3, 0.4) is 0 Å². The fourth-order valence-electron chi connectivity index (χ4n) is 8.67. The van der Waals surface area contributed by atoms with Crippen LogP contribution in [0, 0.1) is 0 Å². The van der Waals surface area contributed by atoms with Gasteiger partial charge in [0.2, 0.25) is 0 Å².